The molecule has 59 heavy (non-hydrogen) atoms. The minimum atomic E-state index is -2.72. The Morgan fingerprint density at radius 1 is 0.949 bits per heavy atom. The van der Waals surface area contributed by atoms with Crippen molar-refractivity contribution in [3.05, 3.63) is 92.6 Å². The van der Waals surface area contributed by atoms with Gasteiger partial charge in [-0.3, -0.25) is 14.9 Å². The Labute approximate surface area is 353 Å². The number of benzene rings is 3. The highest BCUT2D eigenvalue weighted by Crippen LogP contribution is 2.42. The number of fused-ring (bicyclic) bond motifs is 2. The Bertz CT molecular complexity index is 2570. The predicted molar refractivity (Wildman–Crippen MR) is 243 cm³/mol. The van der Waals surface area contributed by atoms with Gasteiger partial charge in [0, 0.05) is 86.2 Å². The van der Waals surface area contributed by atoms with Crippen LogP contribution in [0.3, 0.4) is 0 Å². The van der Waals surface area contributed by atoms with Crippen LogP contribution in [0.15, 0.2) is 74.5 Å². The van der Waals surface area contributed by atoms with Crippen LogP contribution in [-0.2, 0) is 17.4 Å². The number of hydrogen-bond donors (Lipinski definition) is 3. The molecule has 2 aliphatic rings. The summed E-state index contributed by atoms with van der Waals surface area (Å²) in [5, 5.41) is 8.51. The first-order valence-corrected chi connectivity index (χ1v) is 24.0. The second-order valence-corrected chi connectivity index (χ2v) is 19.9. The zero-order valence-corrected chi connectivity index (χ0v) is 37.0. The number of pyridine rings is 1. The third-order valence-corrected chi connectivity index (χ3v) is 13.7. The van der Waals surface area contributed by atoms with Gasteiger partial charge in [-0.1, -0.05) is 19.1 Å². The topological polar surface area (TPSA) is 145 Å². The number of aromatic amines is 1. The number of hydrogen-bond acceptors (Lipinski definition) is 12. The van der Waals surface area contributed by atoms with E-state index >= 15 is 0 Å². The minimum absolute atomic E-state index is 0.406. The highest BCUT2D eigenvalue weighted by atomic mass is 79.9. The first-order valence-electron chi connectivity index (χ1n) is 20.6. The fourth-order valence-corrected chi connectivity index (χ4v) is 10.3. The van der Waals surface area contributed by atoms with Gasteiger partial charge in [0.15, 0.2) is 5.58 Å². The fourth-order valence-electron chi connectivity index (χ4n) is 8.56. The molecule has 3 N–H and O–H groups in total. The highest BCUT2D eigenvalue weighted by molar-refractivity contribution is 9.10. The van der Waals surface area contributed by atoms with Gasteiger partial charge < -0.3 is 34.2 Å². The van der Waals surface area contributed by atoms with Crippen LogP contribution in [0.5, 0.6) is 5.75 Å². The molecule has 6 aromatic rings. The molecule has 13 nitrogen and oxygen atoms in total. The molecule has 0 radical (unpaired) electrons. The number of ether oxygens (including phenoxy) is 1. The van der Waals surface area contributed by atoms with Crippen molar-refractivity contribution in [2.75, 3.05) is 81.3 Å². The normalized spacial score (nSPS) is 15.9. The minimum Gasteiger partial charge on any atom is -0.492 e. The quantitative estimate of drug-likeness (QED) is 0.0966. The maximum atomic E-state index is 13.7. The number of piperidine rings is 1. The zero-order valence-electron chi connectivity index (χ0n) is 34.5. The lowest BCUT2D eigenvalue weighted by Gasteiger charge is -2.43. The van der Waals surface area contributed by atoms with Crippen molar-refractivity contribution >= 4 is 79.2 Å². The van der Waals surface area contributed by atoms with Crippen LogP contribution in [0.1, 0.15) is 43.5 Å². The first-order chi connectivity index (χ1) is 28.4. The number of halogens is 1. The summed E-state index contributed by atoms with van der Waals surface area (Å²) in [5.74, 6) is 1.32. The van der Waals surface area contributed by atoms with Gasteiger partial charge in [-0.15, -0.1) is 0 Å². The molecule has 15 heteroatoms. The molecule has 2 saturated heterocycles. The molecule has 0 aliphatic carbocycles. The Morgan fingerprint density at radius 2 is 1.75 bits per heavy atom. The van der Waals surface area contributed by atoms with E-state index in [0.717, 1.165) is 116 Å². The van der Waals surface area contributed by atoms with Crippen LogP contribution in [0.25, 0.3) is 22.0 Å². The summed E-state index contributed by atoms with van der Waals surface area (Å²) < 4.78 is 25.8. The lowest BCUT2D eigenvalue weighted by Crippen LogP contribution is -2.53. The van der Waals surface area contributed by atoms with Crippen molar-refractivity contribution in [1.29, 1.82) is 0 Å². The van der Waals surface area contributed by atoms with E-state index < -0.39 is 12.9 Å². The molecule has 0 bridgehead atoms. The fraction of sp³-hybridized carbons (Fsp3) is 0.409. The summed E-state index contributed by atoms with van der Waals surface area (Å²) >= 11 is 3.63. The summed E-state index contributed by atoms with van der Waals surface area (Å²) in [4.78, 5) is 36.2. The maximum absolute atomic E-state index is 13.7. The second kappa shape index (κ2) is 17.5. The molecule has 2 fully saturated rings. The molecule has 0 spiro atoms. The van der Waals surface area contributed by atoms with Crippen molar-refractivity contribution in [3.63, 3.8) is 0 Å². The largest absolute Gasteiger partial charge is 0.492 e. The van der Waals surface area contributed by atoms with E-state index in [0.29, 0.717) is 34.5 Å². The second-order valence-electron chi connectivity index (χ2n) is 15.9. The molecule has 3 aromatic heterocycles. The Hall–Kier alpha value is -4.75. The van der Waals surface area contributed by atoms with Gasteiger partial charge in [0.25, 0.3) is 0 Å². The molecule has 2 aliphatic heterocycles. The number of aryl methyl sites for hydroxylation is 2. The molecule has 0 amide bonds. The van der Waals surface area contributed by atoms with E-state index in [2.05, 4.69) is 81.3 Å². The van der Waals surface area contributed by atoms with Crippen molar-refractivity contribution in [3.8, 4) is 5.75 Å². The van der Waals surface area contributed by atoms with Gasteiger partial charge >= 0.3 is 5.76 Å². The van der Waals surface area contributed by atoms with E-state index in [1.54, 1.807) is 19.5 Å². The van der Waals surface area contributed by atoms with E-state index in [1.165, 1.54) is 16.8 Å². The number of oxazole rings is 1. The van der Waals surface area contributed by atoms with E-state index in [4.69, 9.17) is 14.1 Å². The number of piperazine rings is 1. The SMILES string of the molecule is CCOc1cc(N2CCC(N3CCN(CCc4ccc5[nH]c(=O)oc5c4)CC3)CC2)c(CC)cc1Nc1ncc(Br)c(Nc2ccc3nc(C)ccc3c2P(C)(C)=O)n1. The van der Waals surface area contributed by atoms with E-state index in [1.807, 2.05) is 50.2 Å². The summed E-state index contributed by atoms with van der Waals surface area (Å²) in [7, 11) is -2.72. The number of nitrogens with zero attached hydrogens (tertiary/aromatic N) is 6. The van der Waals surface area contributed by atoms with Crippen LogP contribution < -0.4 is 31.3 Å². The number of aromatic nitrogens is 4. The van der Waals surface area contributed by atoms with Gasteiger partial charge in [0.1, 0.15) is 18.7 Å². The molecule has 5 heterocycles. The molecular weight excluding hydrogens is 829 g/mol. The number of rotatable bonds is 13. The Balaban J connectivity index is 0.916. The first kappa shape index (κ1) is 41.0. The predicted octanol–water partition coefficient (Wildman–Crippen LogP) is 8.06. The Morgan fingerprint density at radius 3 is 2.49 bits per heavy atom. The molecule has 0 saturated carbocycles. The van der Waals surface area contributed by atoms with Crippen molar-refractivity contribution in [2.45, 2.75) is 52.5 Å². The molecule has 3 aromatic carbocycles. The van der Waals surface area contributed by atoms with Crippen LogP contribution in [0, 0.1) is 6.92 Å². The van der Waals surface area contributed by atoms with Crippen LogP contribution in [0.2, 0.25) is 0 Å². The van der Waals surface area contributed by atoms with Crippen LogP contribution >= 0.6 is 23.1 Å². The highest BCUT2D eigenvalue weighted by Gasteiger charge is 2.29. The summed E-state index contributed by atoms with van der Waals surface area (Å²) in [6.07, 6.45) is 5.76. The molecule has 310 valence electrons. The van der Waals surface area contributed by atoms with E-state index in [-0.39, 0.29) is 0 Å². The summed E-state index contributed by atoms with van der Waals surface area (Å²) in [6.45, 7) is 17.5. The number of nitrogens with one attached hydrogen (secondary N) is 3. The molecule has 0 atom stereocenters. The third-order valence-electron chi connectivity index (χ3n) is 11.6. The van der Waals surface area contributed by atoms with Gasteiger partial charge in [-0.25, -0.2) is 9.78 Å². The standard InChI is InChI=1S/C44H53BrN9O4P/c1-6-30-25-37(49-43-46-27-33(45)42(51-43)48-36-13-12-34-32(10-8-28(3)47-34)41(36)59(4,5)56)39(57-7-2)26-38(30)54-18-15-31(16-19-54)53-22-20-52(21-23-53)17-14-29-9-11-35-40(24-29)58-44(55)50-35/h8-13,24-27,31H,6-7,14-23H2,1-5H3,(H,50,55)(H2,46,48,49,51). The van der Waals surface area contributed by atoms with Gasteiger partial charge in [-0.05, 0) is 116 Å². The van der Waals surface area contributed by atoms with Gasteiger partial charge in [-0.2, -0.15) is 4.98 Å². The van der Waals surface area contributed by atoms with Gasteiger partial charge in [0.2, 0.25) is 5.95 Å². The van der Waals surface area contributed by atoms with Crippen LogP contribution in [-0.4, -0.2) is 102 Å². The summed E-state index contributed by atoms with van der Waals surface area (Å²) in [5.41, 5.74) is 8.27. The smallest absolute Gasteiger partial charge is 0.417 e. The monoisotopic (exact) mass is 881 g/mol. The molecule has 8 rings (SSSR count). The zero-order chi connectivity index (χ0) is 41.3. The Kier molecular flexibility index (Phi) is 12.1. The maximum Gasteiger partial charge on any atom is 0.417 e. The average Bonchev–Trinajstić information content (AvgIpc) is 3.60. The number of anilines is 5. The van der Waals surface area contributed by atoms with Crippen molar-refractivity contribution in [2.24, 2.45) is 0 Å². The summed E-state index contributed by atoms with van der Waals surface area (Å²) in [6, 6.07) is 18.7. The van der Waals surface area contributed by atoms with Crippen molar-refractivity contribution in [1.82, 2.24) is 29.7 Å². The lowest BCUT2D eigenvalue weighted by atomic mass is 9.99. The van der Waals surface area contributed by atoms with Crippen LogP contribution in [0.4, 0.5) is 28.8 Å². The van der Waals surface area contributed by atoms with Crippen molar-refractivity contribution < 1.29 is 13.7 Å². The number of H-pyrrole nitrogens is 1. The molecule has 0 unspecified atom stereocenters. The average molecular weight is 883 g/mol. The molecular formula is C44H53BrN9O4P. The van der Waals surface area contributed by atoms with Gasteiger partial charge in [0.05, 0.1) is 33.5 Å². The lowest BCUT2D eigenvalue weighted by molar-refractivity contribution is 0.0855. The third kappa shape index (κ3) is 9.21. The van der Waals surface area contributed by atoms with E-state index in [9.17, 15) is 9.36 Å².